The van der Waals surface area contributed by atoms with Gasteiger partial charge in [0.1, 0.15) is 5.82 Å². The number of nitrogens with zero attached hydrogens (tertiary/aromatic N) is 2. The van der Waals surface area contributed by atoms with Crippen molar-refractivity contribution < 1.29 is 4.39 Å². The van der Waals surface area contributed by atoms with Crippen LogP contribution < -0.4 is 0 Å². The van der Waals surface area contributed by atoms with Crippen molar-refractivity contribution in [3.63, 3.8) is 0 Å². The van der Waals surface area contributed by atoms with Gasteiger partial charge < -0.3 is 0 Å². The van der Waals surface area contributed by atoms with E-state index in [1.165, 1.54) is 6.07 Å². The first-order valence-electron chi connectivity index (χ1n) is 4.53. The van der Waals surface area contributed by atoms with E-state index in [0.717, 1.165) is 23.4 Å². The number of aryl methyl sites for hydroxylation is 1. The van der Waals surface area contributed by atoms with Crippen LogP contribution in [0.1, 0.15) is 24.5 Å². The van der Waals surface area contributed by atoms with Crippen LogP contribution in [0.2, 0.25) is 0 Å². The van der Waals surface area contributed by atoms with Gasteiger partial charge in [-0.2, -0.15) is 10.2 Å². The summed E-state index contributed by atoms with van der Waals surface area (Å²) in [5.41, 5.74) is 3.31. The minimum atomic E-state index is -0.185. The molecular weight excluding hydrogens is 179 g/mol. The van der Waals surface area contributed by atoms with E-state index in [1.54, 1.807) is 13.0 Å². The lowest BCUT2D eigenvalue weighted by Gasteiger charge is -2.01. The average Bonchev–Trinajstić information content (AvgIpc) is 2.57. The molecule has 1 aromatic carbocycles. The second kappa shape index (κ2) is 3.33. The Balaban J connectivity index is 2.31. The van der Waals surface area contributed by atoms with Gasteiger partial charge in [-0.1, -0.05) is 12.1 Å². The molecule has 3 heteroatoms. The molecule has 0 unspecified atom stereocenters. The van der Waals surface area contributed by atoms with Crippen molar-refractivity contribution in [2.45, 2.75) is 20.3 Å². The van der Waals surface area contributed by atoms with Gasteiger partial charge in [0.05, 0.1) is 5.71 Å². The molecule has 0 bridgehead atoms. The summed E-state index contributed by atoms with van der Waals surface area (Å²) in [7, 11) is 0. The highest BCUT2D eigenvalue weighted by atomic mass is 19.1. The highest BCUT2D eigenvalue weighted by molar-refractivity contribution is 6.14. The zero-order valence-electron chi connectivity index (χ0n) is 8.21. The maximum Gasteiger partial charge on any atom is 0.126 e. The van der Waals surface area contributed by atoms with Crippen molar-refractivity contribution >= 4 is 11.4 Å². The van der Waals surface area contributed by atoms with E-state index in [1.807, 2.05) is 13.0 Å². The molecule has 1 aromatic rings. The molecule has 0 N–H and O–H groups in total. The Morgan fingerprint density at radius 3 is 2.57 bits per heavy atom. The number of rotatable bonds is 1. The Morgan fingerprint density at radius 1 is 1.21 bits per heavy atom. The molecule has 0 atom stereocenters. The first-order chi connectivity index (χ1) is 6.66. The summed E-state index contributed by atoms with van der Waals surface area (Å²) in [5, 5.41) is 7.92. The third-order valence-corrected chi connectivity index (χ3v) is 2.27. The topological polar surface area (TPSA) is 24.7 Å². The van der Waals surface area contributed by atoms with E-state index in [2.05, 4.69) is 10.2 Å². The summed E-state index contributed by atoms with van der Waals surface area (Å²) in [4.78, 5) is 0. The monoisotopic (exact) mass is 190 g/mol. The zero-order valence-corrected chi connectivity index (χ0v) is 8.21. The molecule has 0 aromatic heterocycles. The smallest absolute Gasteiger partial charge is 0.126 e. The molecule has 1 aliphatic rings. The van der Waals surface area contributed by atoms with E-state index in [4.69, 9.17) is 0 Å². The van der Waals surface area contributed by atoms with Crippen LogP contribution in [-0.4, -0.2) is 11.4 Å². The van der Waals surface area contributed by atoms with Gasteiger partial charge in [-0.05, 0) is 25.5 Å². The highest BCUT2D eigenvalue weighted by Crippen LogP contribution is 2.15. The van der Waals surface area contributed by atoms with Crippen LogP contribution in [0.25, 0.3) is 0 Å². The van der Waals surface area contributed by atoms with Crippen LogP contribution in [0.15, 0.2) is 28.4 Å². The number of halogens is 1. The summed E-state index contributed by atoms with van der Waals surface area (Å²) >= 11 is 0. The van der Waals surface area contributed by atoms with Crippen LogP contribution >= 0.6 is 0 Å². The molecule has 0 saturated heterocycles. The van der Waals surface area contributed by atoms with Crippen LogP contribution in [-0.2, 0) is 0 Å². The Labute approximate surface area is 82.2 Å². The lowest BCUT2D eigenvalue weighted by atomic mass is 10.0. The van der Waals surface area contributed by atoms with Gasteiger partial charge in [-0.25, -0.2) is 4.39 Å². The normalized spacial score (nSPS) is 15.4. The molecule has 14 heavy (non-hydrogen) atoms. The van der Waals surface area contributed by atoms with Crippen molar-refractivity contribution in [2.75, 3.05) is 0 Å². The maximum absolute atomic E-state index is 13.2. The second-order valence-corrected chi connectivity index (χ2v) is 3.52. The molecule has 0 spiro atoms. The molecule has 0 saturated carbocycles. The maximum atomic E-state index is 13.2. The fourth-order valence-corrected chi connectivity index (χ4v) is 1.39. The predicted molar refractivity (Wildman–Crippen MR) is 55.4 cm³/mol. The van der Waals surface area contributed by atoms with Gasteiger partial charge in [0.15, 0.2) is 0 Å². The molecule has 1 aliphatic heterocycles. The van der Waals surface area contributed by atoms with Crippen molar-refractivity contribution in [1.29, 1.82) is 0 Å². The average molecular weight is 190 g/mol. The molecule has 0 aliphatic carbocycles. The van der Waals surface area contributed by atoms with E-state index in [9.17, 15) is 4.39 Å². The lowest BCUT2D eigenvalue weighted by molar-refractivity contribution is 0.618. The third kappa shape index (κ3) is 1.58. The first kappa shape index (κ1) is 9.06. The summed E-state index contributed by atoms with van der Waals surface area (Å²) in [6.07, 6.45) is 0.725. The lowest BCUT2D eigenvalue weighted by Crippen LogP contribution is -2.02. The van der Waals surface area contributed by atoms with Gasteiger partial charge in [0.25, 0.3) is 0 Å². The SMILES string of the molecule is CC1=NN=C(c2ccc(C)c(F)c2)C1. The first-order valence-corrected chi connectivity index (χ1v) is 4.53. The molecule has 2 nitrogen and oxygen atoms in total. The molecule has 72 valence electrons. The van der Waals surface area contributed by atoms with E-state index in [-0.39, 0.29) is 5.82 Å². The van der Waals surface area contributed by atoms with Crippen molar-refractivity contribution in [3.8, 4) is 0 Å². The van der Waals surface area contributed by atoms with Gasteiger partial charge >= 0.3 is 0 Å². The predicted octanol–water partition coefficient (Wildman–Crippen LogP) is 2.70. The molecule has 0 amide bonds. The number of benzene rings is 1. The highest BCUT2D eigenvalue weighted by Gasteiger charge is 2.11. The van der Waals surface area contributed by atoms with Gasteiger partial charge in [0, 0.05) is 17.7 Å². The molecule has 1 heterocycles. The Kier molecular flexibility index (Phi) is 2.15. The number of hydrogen-bond acceptors (Lipinski definition) is 2. The Bertz CT molecular complexity index is 433. The van der Waals surface area contributed by atoms with Crippen molar-refractivity contribution in [2.24, 2.45) is 10.2 Å². The molecule has 0 fully saturated rings. The number of hydrogen-bond donors (Lipinski definition) is 0. The van der Waals surface area contributed by atoms with E-state index in [0.29, 0.717) is 5.56 Å². The second-order valence-electron chi connectivity index (χ2n) is 3.52. The van der Waals surface area contributed by atoms with Crippen molar-refractivity contribution in [1.82, 2.24) is 0 Å². The molecule has 2 rings (SSSR count). The molecule has 0 radical (unpaired) electrons. The zero-order chi connectivity index (χ0) is 10.1. The summed E-state index contributed by atoms with van der Waals surface area (Å²) < 4.78 is 13.2. The standard InChI is InChI=1S/C11H11FN2/c1-7-3-4-9(6-10(7)12)11-5-8(2)13-14-11/h3-4,6H,5H2,1-2H3. The molecular formula is C11H11FN2. The third-order valence-electron chi connectivity index (χ3n) is 2.27. The minimum Gasteiger partial charge on any atom is -0.207 e. The van der Waals surface area contributed by atoms with Gasteiger partial charge in [-0.3, -0.25) is 0 Å². The van der Waals surface area contributed by atoms with Crippen LogP contribution in [0, 0.1) is 12.7 Å². The summed E-state index contributed by atoms with van der Waals surface area (Å²) in [6.45, 7) is 3.67. The van der Waals surface area contributed by atoms with Crippen LogP contribution in [0.3, 0.4) is 0 Å². The van der Waals surface area contributed by atoms with Crippen LogP contribution in [0.4, 0.5) is 4.39 Å². The van der Waals surface area contributed by atoms with E-state index >= 15 is 0 Å². The Hall–Kier alpha value is -1.51. The summed E-state index contributed by atoms with van der Waals surface area (Å²) in [6, 6.07) is 5.16. The van der Waals surface area contributed by atoms with E-state index < -0.39 is 0 Å². The largest absolute Gasteiger partial charge is 0.207 e. The Morgan fingerprint density at radius 2 is 2.00 bits per heavy atom. The minimum absolute atomic E-state index is 0.185. The quantitative estimate of drug-likeness (QED) is 0.650. The van der Waals surface area contributed by atoms with Crippen molar-refractivity contribution in [3.05, 3.63) is 35.1 Å². The van der Waals surface area contributed by atoms with Crippen LogP contribution in [0.5, 0.6) is 0 Å². The van der Waals surface area contributed by atoms with Gasteiger partial charge in [-0.15, -0.1) is 0 Å². The summed E-state index contributed by atoms with van der Waals surface area (Å²) in [5.74, 6) is -0.185. The fourth-order valence-electron chi connectivity index (χ4n) is 1.39. The fraction of sp³-hybridized carbons (Fsp3) is 0.273. The van der Waals surface area contributed by atoms with Gasteiger partial charge in [0.2, 0.25) is 0 Å².